The Labute approximate surface area is 99.5 Å². The van der Waals surface area contributed by atoms with Gasteiger partial charge in [0.05, 0.1) is 17.6 Å². The lowest BCUT2D eigenvalue weighted by Crippen LogP contribution is -1.92. The number of hydrogen-bond acceptors (Lipinski definition) is 2. The molecule has 1 saturated carbocycles. The standard InChI is InChI=1S/C14H13FN2/c1-9-6-11(4-5-12(9)15)14-8-16-13(7-17-14)10-2-3-10/h4-8,10H,2-3H2,1H3. The summed E-state index contributed by atoms with van der Waals surface area (Å²) in [5, 5.41) is 0. The third kappa shape index (κ3) is 2.05. The molecule has 1 aromatic heterocycles. The molecule has 3 heteroatoms. The van der Waals surface area contributed by atoms with Crippen LogP contribution in [-0.4, -0.2) is 9.97 Å². The van der Waals surface area contributed by atoms with Crippen molar-refractivity contribution in [2.45, 2.75) is 25.7 Å². The molecule has 1 heterocycles. The first-order chi connectivity index (χ1) is 8.24. The summed E-state index contributed by atoms with van der Waals surface area (Å²) in [4.78, 5) is 8.81. The van der Waals surface area contributed by atoms with Crippen LogP contribution in [0.1, 0.15) is 30.0 Å². The van der Waals surface area contributed by atoms with Crippen molar-refractivity contribution >= 4 is 0 Å². The van der Waals surface area contributed by atoms with Crippen molar-refractivity contribution < 1.29 is 4.39 Å². The van der Waals surface area contributed by atoms with E-state index in [4.69, 9.17) is 0 Å². The molecule has 1 aliphatic carbocycles. The molecule has 0 amide bonds. The van der Waals surface area contributed by atoms with Gasteiger partial charge in [0.15, 0.2) is 0 Å². The van der Waals surface area contributed by atoms with Crippen LogP contribution in [0.5, 0.6) is 0 Å². The average Bonchev–Trinajstić information content (AvgIpc) is 3.17. The second kappa shape index (κ2) is 3.91. The Morgan fingerprint density at radius 3 is 2.59 bits per heavy atom. The first-order valence-electron chi connectivity index (χ1n) is 5.82. The SMILES string of the molecule is Cc1cc(-c2cnc(C3CC3)cn2)ccc1F. The monoisotopic (exact) mass is 228 g/mol. The zero-order valence-corrected chi connectivity index (χ0v) is 9.65. The molecular weight excluding hydrogens is 215 g/mol. The Balaban J connectivity index is 1.94. The molecule has 0 N–H and O–H groups in total. The van der Waals surface area contributed by atoms with Crippen molar-refractivity contribution in [1.82, 2.24) is 9.97 Å². The first-order valence-corrected chi connectivity index (χ1v) is 5.82. The van der Waals surface area contributed by atoms with E-state index in [1.807, 2.05) is 6.20 Å². The molecule has 1 fully saturated rings. The smallest absolute Gasteiger partial charge is 0.126 e. The molecular formula is C14H13FN2. The second-order valence-corrected chi connectivity index (χ2v) is 4.56. The summed E-state index contributed by atoms with van der Waals surface area (Å²) in [5.74, 6) is 0.433. The Morgan fingerprint density at radius 1 is 1.18 bits per heavy atom. The fourth-order valence-electron chi connectivity index (χ4n) is 1.88. The maximum absolute atomic E-state index is 13.2. The lowest BCUT2D eigenvalue weighted by Gasteiger charge is -2.03. The van der Waals surface area contributed by atoms with E-state index in [-0.39, 0.29) is 5.82 Å². The number of halogens is 1. The van der Waals surface area contributed by atoms with Crippen LogP contribution in [0.3, 0.4) is 0 Å². The maximum Gasteiger partial charge on any atom is 0.126 e. The quantitative estimate of drug-likeness (QED) is 0.786. The van der Waals surface area contributed by atoms with Crippen molar-refractivity contribution in [3.05, 3.63) is 47.7 Å². The summed E-state index contributed by atoms with van der Waals surface area (Å²) in [6, 6.07) is 5.01. The van der Waals surface area contributed by atoms with E-state index in [1.165, 1.54) is 18.9 Å². The summed E-state index contributed by atoms with van der Waals surface area (Å²) in [5.41, 5.74) is 3.43. The van der Waals surface area contributed by atoms with Gasteiger partial charge in [-0.1, -0.05) is 0 Å². The van der Waals surface area contributed by atoms with E-state index in [1.54, 1.807) is 25.3 Å². The average molecular weight is 228 g/mol. The first kappa shape index (κ1) is 10.4. The zero-order valence-electron chi connectivity index (χ0n) is 9.65. The van der Waals surface area contributed by atoms with Crippen LogP contribution in [0, 0.1) is 12.7 Å². The van der Waals surface area contributed by atoms with Crippen molar-refractivity contribution in [2.75, 3.05) is 0 Å². The van der Waals surface area contributed by atoms with Gasteiger partial charge in [-0.05, 0) is 43.5 Å². The predicted molar refractivity (Wildman–Crippen MR) is 64.1 cm³/mol. The molecule has 0 saturated heterocycles. The summed E-state index contributed by atoms with van der Waals surface area (Å²) in [6.07, 6.45) is 6.07. The predicted octanol–water partition coefficient (Wildman–Crippen LogP) is 3.47. The highest BCUT2D eigenvalue weighted by Gasteiger charge is 2.25. The fraction of sp³-hybridized carbons (Fsp3) is 0.286. The van der Waals surface area contributed by atoms with Gasteiger partial charge in [0.1, 0.15) is 5.82 Å². The highest BCUT2D eigenvalue weighted by atomic mass is 19.1. The number of rotatable bonds is 2. The molecule has 0 bridgehead atoms. The van der Waals surface area contributed by atoms with Gasteiger partial charge in [0.25, 0.3) is 0 Å². The van der Waals surface area contributed by atoms with Crippen molar-refractivity contribution in [2.24, 2.45) is 0 Å². The molecule has 0 radical (unpaired) electrons. The number of nitrogens with zero attached hydrogens (tertiary/aromatic N) is 2. The highest BCUT2D eigenvalue weighted by molar-refractivity contribution is 5.59. The molecule has 1 aliphatic rings. The topological polar surface area (TPSA) is 25.8 Å². The number of aromatic nitrogens is 2. The van der Waals surface area contributed by atoms with Crippen molar-refractivity contribution in [3.8, 4) is 11.3 Å². The van der Waals surface area contributed by atoms with Gasteiger partial charge in [-0.25, -0.2) is 4.39 Å². The van der Waals surface area contributed by atoms with Gasteiger partial charge in [0.2, 0.25) is 0 Å². The zero-order chi connectivity index (χ0) is 11.8. The highest BCUT2D eigenvalue weighted by Crippen LogP contribution is 2.38. The third-order valence-electron chi connectivity index (χ3n) is 3.12. The van der Waals surface area contributed by atoms with Gasteiger partial charge in [0, 0.05) is 17.7 Å². The largest absolute Gasteiger partial charge is 0.257 e. The Morgan fingerprint density at radius 2 is 2.00 bits per heavy atom. The lowest BCUT2D eigenvalue weighted by atomic mass is 10.1. The molecule has 0 aliphatic heterocycles. The van der Waals surface area contributed by atoms with Gasteiger partial charge in [-0.3, -0.25) is 9.97 Å². The van der Waals surface area contributed by atoms with E-state index in [2.05, 4.69) is 9.97 Å². The van der Waals surface area contributed by atoms with Gasteiger partial charge < -0.3 is 0 Å². The number of aryl methyl sites for hydroxylation is 1. The van der Waals surface area contributed by atoms with Gasteiger partial charge in [-0.2, -0.15) is 0 Å². The molecule has 17 heavy (non-hydrogen) atoms. The molecule has 0 spiro atoms. The Bertz CT molecular complexity index is 545. The van der Waals surface area contributed by atoms with Crippen molar-refractivity contribution in [3.63, 3.8) is 0 Å². The minimum absolute atomic E-state index is 0.184. The van der Waals surface area contributed by atoms with Crippen LogP contribution in [-0.2, 0) is 0 Å². The maximum atomic E-state index is 13.2. The van der Waals surface area contributed by atoms with Crippen LogP contribution in [0.4, 0.5) is 4.39 Å². The minimum Gasteiger partial charge on any atom is -0.257 e. The lowest BCUT2D eigenvalue weighted by molar-refractivity contribution is 0.618. The molecule has 3 rings (SSSR count). The van der Waals surface area contributed by atoms with E-state index in [9.17, 15) is 4.39 Å². The summed E-state index contributed by atoms with van der Waals surface area (Å²) < 4.78 is 13.2. The molecule has 0 unspecified atom stereocenters. The summed E-state index contributed by atoms with van der Waals surface area (Å²) >= 11 is 0. The van der Waals surface area contributed by atoms with Gasteiger partial charge >= 0.3 is 0 Å². The Kier molecular flexibility index (Phi) is 2.39. The molecule has 0 atom stereocenters. The van der Waals surface area contributed by atoms with Crippen LogP contribution >= 0.6 is 0 Å². The van der Waals surface area contributed by atoms with E-state index >= 15 is 0 Å². The molecule has 2 nitrogen and oxygen atoms in total. The number of hydrogen-bond donors (Lipinski definition) is 0. The molecule has 86 valence electrons. The van der Waals surface area contributed by atoms with Crippen LogP contribution < -0.4 is 0 Å². The third-order valence-corrected chi connectivity index (χ3v) is 3.12. The van der Waals surface area contributed by atoms with Crippen LogP contribution in [0.25, 0.3) is 11.3 Å². The summed E-state index contributed by atoms with van der Waals surface area (Å²) in [7, 11) is 0. The number of benzene rings is 1. The van der Waals surface area contributed by atoms with Crippen molar-refractivity contribution in [1.29, 1.82) is 0 Å². The molecule has 2 aromatic rings. The second-order valence-electron chi connectivity index (χ2n) is 4.56. The Hall–Kier alpha value is -1.77. The van der Waals surface area contributed by atoms with E-state index in [0.29, 0.717) is 11.5 Å². The molecule has 1 aromatic carbocycles. The van der Waals surface area contributed by atoms with Crippen LogP contribution in [0.15, 0.2) is 30.6 Å². The van der Waals surface area contributed by atoms with Gasteiger partial charge in [-0.15, -0.1) is 0 Å². The normalized spacial score (nSPS) is 14.9. The minimum atomic E-state index is -0.184. The van der Waals surface area contributed by atoms with Crippen LogP contribution in [0.2, 0.25) is 0 Å². The summed E-state index contributed by atoms with van der Waals surface area (Å²) in [6.45, 7) is 1.75. The van der Waals surface area contributed by atoms with E-state index < -0.39 is 0 Å². The van der Waals surface area contributed by atoms with E-state index in [0.717, 1.165) is 17.0 Å². The fourth-order valence-corrected chi connectivity index (χ4v) is 1.88.